The molecule has 1 N–H and O–H groups in total. The second kappa shape index (κ2) is 9.06. The first-order valence-corrected chi connectivity index (χ1v) is 10.9. The predicted molar refractivity (Wildman–Crippen MR) is 108 cm³/mol. The van der Waals surface area contributed by atoms with E-state index in [0.29, 0.717) is 18.2 Å². The number of para-hydroxylation sites is 1. The first kappa shape index (κ1) is 20.1. The van der Waals surface area contributed by atoms with Crippen LogP contribution in [0, 0.1) is 5.92 Å². The van der Waals surface area contributed by atoms with Crippen molar-refractivity contribution in [1.29, 1.82) is 0 Å². The quantitative estimate of drug-likeness (QED) is 0.761. The Labute approximate surface area is 166 Å². The van der Waals surface area contributed by atoms with Gasteiger partial charge in [-0.15, -0.1) is 0 Å². The molecule has 0 radical (unpaired) electrons. The molecule has 3 rings (SSSR count). The van der Waals surface area contributed by atoms with Crippen molar-refractivity contribution in [3.05, 3.63) is 59.1 Å². The van der Waals surface area contributed by atoms with E-state index in [9.17, 15) is 8.42 Å². The van der Waals surface area contributed by atoms with Crippen molar-refractivity contribution in [1.82, 2.24) is 9.62 Å². The van der Waals surface area contributed by atoms with E-state index in [0.717, 1.165) is 43.1 Å². The van der Waals surface area contributed by atoms with Crippen LogP contribution in [0.3, 0.4) is 0 Å². The van der Waals surface area contributed by atoms with E-state index in [1.165, 1.54) is 7.11 Å². The molecule has 5 nitrogen and oxygen atoms in total. The zero-order chi connectivity index (χ0) is 19.3. The highest BCUT2D eigenvalue weighted by molar-refractivity contribution is 7.89. The van der Waals surface area contributed by atoms with Gasteiger partial charge in [0, 0.05) is 18.1 Å². The highest BCUT2D eigenvalue weighted by atomic mass is 35.5. The standard InChI is InChI=1S/C20H25ClN2O3S/c1-26-19-8-4-5-9-20(19)27(24,25)22-14-16-10-12-23(13-11-16)15-17-6-2-3-7-18(17)21/h2-9,16,22H,10-15H2,1H3. The number of ether oxygens (including phenoxy) is 1. The third-order valence-corrected chi connectivity index (χ3v) is 6.81. The fourth-order valence-corrected chi connectivity index (χ4v) is 4.84. The van der Waals surface area contributed by atoms with E-state index in [1.54, 1.807) is 24.3 Å². The van der Waals surface area contributed by atoms with Crippen LogP contribution in [0.15, 0.2) is 53.4 Å². The lowest BCUT2D eigenvalue weighted by Crippen LogP contribution is -2.38. The van der Waals surface area contributed by atoms with E-state index in [2.05, 4.69) is 15.7 Å². The Morgan fingerprint density at radius 1 is 1.11 bits per heavy atom. The van der Waals surface area contributed by atoms with Gasteiger partial charge < -0.3 is 4.74 Å². The number of likely N-dealkylation sites (tertiary alicyclic amines) is 1. The average Bonchev–Trinajstić information content (AvgIpc) is 2.69. The molecule has 0 aliphatic carbocycles. The number of rotatable bonds is 7. The molecule has 0 bridgehead atoms. The van der Waals surface area contributed by atoms with Crippen molar-refractivity contribution in [2.24, 2.45) is 5.92 Å². The molecule has 27 heavy (non-hydrogen) atoms. The number of benzene rings is 2. The minimum Gasteiger partial charge on any atom is -0.495 e. The van der Waals surface area contributed by atoms with E-state index >= 15 is 0 Å². The molecule has 1 heterocycles. The lowest BCUT2D eigenvalue weighted by molar-refractivity contribution is 0.178. The van der Waals surface area contributed by atoms with E-state index in [-0.39, 0.29) is 4.90 Å². The normalized spacial score (nSPS) is 16.4. The third-order valence-electron chi connectivity index (χ3n) is 4.98. The van der Waals surface area contributed by atoms with Crippen LogP contribution < -0.4 is 9.46 Å². The minimum atomic E-state index is -3.58. The molecule has 0 amide bonds. The SMILES string of the molecule is COc1ccccc1S(=O)(=O)NCC1CCN(Cc2ccccc2Cl)CC1. The van der Waals surface area contributed by atoms with Crippen LogP contribution in [0.2, 0.25) is 5.02 Å². The zero-order valence-corrected chi connectivity index (χ0v) is 17.0. The molecule has 1 aliphatic rings. The van der Waals surface area contributed by atoms with Crippen LogP contribution in [0.5, 0.6) is 5.75 Å². The number of nitrogens with zero attached hydrogens (tertiary/aromatic N) is 1. The number of nitrogens with one attached hydrogen (secondary N) is 1. The Hall–Kier alpha value is -1.60. The zero-order valence-electron chi connectivity index (χ0n) is 15.4. The Balaban J connectivity index is 1.51. The molecular formula is C20H25ClN2O3S. The highest BCUT2D eigenvalue weighted by Gasteiger charge is 2.24. The Morgan fingerprint density at radius 2 is 1.78 bits per heavy atom. The van der Waals surface area contributed by atoms with Gasteiger partial charge in [-0.2, -0.15) is 0 Å². The molecule has 1 fully saturated rings. The van der Waals surface area contributed by atoms with Gasteiger partial charge in [0.25, 0.3) is 0 Å². The first-order chi connectivity index (χ1) is 13.0. The number of halogens is 1. The maximum absolute atomic E-state index is 12.6. The Kier molecular flexibility index (Phi) is 6.76. The van der Waals surface area contributed by atoms with E-state index < -0.39 is 10.0 Å². The molecule has 7 heteroatoms. The van der Waals surface area contributed by atoms with Crippen molar-refractivity contribution in [2.45, 2.75) is 24.3 Å². The summed E-state index contributed by atoms with van der Waals surface area (Å²) in [5, 5.41) is 0.796. The molecule has 0 unspecified atom stereocenters. The molecule has 2 aromatic carbocycles. The summed E-state index contributed by atoms with van der Waals surface area (Å²) < 4.78 is 33.1. The van der Waals surface area contributed by atoms with Gasteiger partial charge in [0.05, 0.1) is 7.11 Å². The van der Waals surface area contributed by atoms with Crippen LogP contribution in [0.25, 0.3) is 0 Å². The minimum absolute atomic E-state index is 0.184. The summed E-state index contributed by atoms with van der Waals surface area (Å²) in [6.45, 7) is 3.15. The third kappa shape index (κ3) is 5.23. The number of sulfonamides is 1. The topological polar surface area (TPSA) is 58.6 Å². The van der Waals surface area contributed by atoms with Crippen LogP contribution in [0.4, 0.5) is 0 Å². The molecule has 1 aliphatic heterocycles. The van der Waals surface area contributed by atoms with Gasteiger partial charge in [-0.3, -0.25) is 4.90 Å². The van der Waals surface area contributed by atoms with Gasteiger partial charge in [0.15, 0.2) is 0 Å². The molecule has 1 saturated heterocycles. The highest BCUT2D eigenvalue weighted by Crippen LogP contribution is 2.24. The van der Waals surface area contributed by atoms with Crippen molar-refractivity contribution in [2.75, 3.05) is 26.7 Å². The number of hydrogen-bond donors (Lipinski definition) is 1. The number of piperidine rings is 1. The van der Waals surface area contributed by atoms with Crippen LogP contribution >= 0.6 is 11.6 Å². The van der Waals surface area contributed by atoms with Crippen molar-refractivity contribution in [3.8, 4) is 5.75 Å². The van der Waals surface area contributed by atoms with Gasteiger partial charge >= 0.3 is 0 Å². The van der Waals surface area contributed by atoms with Gasteiger partial charge in [0.1, 0.15) is 10.6 Å². The van der Waals surface area contributed by atoms with Crippen LogP contribution in [-0.2, 0) is 16.6 Å². The lowest BCUT2D eigenvalue weighted by atomic mass is 9.97. The number of hydrogen-bond acceptors (Lipinski definition) is 4. The summed E-state index contributed by atoms with van der Waals surface area (Å²) in [6, 6.07) is 14.6. The van der Waals surface area contributed by atoms with Crippen molar-refractivity contribution < 1.29 is 13.2 Å². The Bertz CT molecular complexity index is 865. The van der Waals surface area contributed by atoms with Gasteiger partial charge in [0.2, 0.25) is 10.0 Å². The summed E-state index contributed by atoms with van der Waals surface area (Å²) >= 11 is 6.24. The fraction of sp³-hybridized carbons (Fsp3) is 0.400. The van der Waals surface area contributed by atoms with Crippen LogP contribution in [-0.4, -0.2) is 40.1 Å². The second-order valence-electron chi connectivity index (χ2n) is 6.81. The molecule has 2 aromatic rings. The molecule has 0 aromatic heterocycles. The summed E-state index contributed by atoms with van der Waals surface area (Å²) in [5.74, 6) is 0.691. The summed E-state index contributed by atoms with van der Waals surface area (Å²) in [5.41, 5.74) is 1.13. The monoisotopic (exact) mass is 408 g/mol. The van der Waals surface area contributed by atoms with E-state index in [1.807, 2.05) is 18.2 Å². The molecular weight excluding hydrogens is 384 g/mol. The lowest BCUT2D eigenvalue weighted by Gasteiger charge is -2.32. The number of methoxy groups -OCH3 is 1. The van der Waals surface area contributed by atoms with Gasteiger partial charge in [-0.25, -0.2) is 13.1 Å². The largest absolute Gasteiger partial charge is 0.495 e. The van der Waals surface area contributed by atoms with Crippen LogP contribution in [0.1, 0.15) is 18.4 Å². The van der Waals surface area contributed by atoms with Crippen molar-refractivity contribution >= 4 is 21.6 Å². The molecule has 146 valence electrons. The first-order valence-electron chi connectivity index (χ1n) is 9.08. The van der Waals surface area contributed by atoms with E-state index in [4.69, 9.17) is 16.3 Å². The average molecular weight is 409 g/mol. The molecule has 0 atom stereocenters. The summed E-state index contributed by atoms with van der Waals surface area (Å²) in [7, 11) is -2.10. The molecule has 0 saturated carbocycles. The summed E-state index contributed by atoms with van der Waals surface area (Å²) in [4.78, 5) is 2.55. The fourth-order valence-electron chi connectivity index (χ4n) is 3.36. The summed E-state index contributed by atoms with van der Waals surface area (Å²) in [6.07, 6.45) is 1.91. The Morgan fingerprint density at radius 3 is 2.48 bits per heavy atom. The second-order valence-corrected chi connectivity index (χ2v) is 8.96. The maximum Gasteiger partial charge on any atom is 0.244 e. The maximum atomic E-state index is 12.6. The van der Waals surface area contributed by atoms with Gasteiger partial charge in [-0.05, 0) is 55.6 Å². The van der Waals surface area contributed by atoms with Gasteiger partial charge in [-0.1, -0.05) is 41.9 Å². The smallest absolute Gasteiger partial charge is 0.244 e. The predicted octanol–water partition coefficient (Wildman–Crippen LogP) is 3.54. The van der Waals surface area contributed by atoms with Crippen molar-refractivity contribution in [3.63, 3.8) is 0 Å². The molecule has 0 spiro atoms.